The van der Waals surface area contributed by atoms with E-state index < -0.39 is 20.3 Å². The average Bonchev–Trinajstić information content (AvgIpc) is 2.59. The molecule has 0 radical (unpaired) electrons. The maximum atomic E-state index is 12.0. The quantitative estimate of drug-likeness (QED) is 0.600. The third kappa shape index (κ3) is 3.89. The highest BCUT2D eigenvalue weighted by molar-refractivity contribution is 6.74. The van der Waals surface area contributed by atoms with Crippen LogP contribution in [0.1, 0.15) is 27.2 Å². The van der Waals surface area contributed by atoms with Crippen molar-refractivity contribution < 1.29 is 23.8 Å². The summed E-state index contributed by atoms with van der Waals surface area (Å²) in [7, 11) is -0.441. The van der Waals surface area contributed by atoms with Crippen molar-refractivity contribution in [2.75, 3.05) is 20.5 Å². The molecule has 1 aliphatic carbocycles. The first-order valence-electron chi connectivity index (χ1n) is 7.06. The first-order valence-corrected chi connectivity index (χ1v) is 9.97. The van der Waals surface area contributed by atoms with E-state index in [1.165, 1.54) is 7.11 Å². The van der Waals surface area contributed by atoms with E-state index in [0.717, 1.165) is 0 Å². The molecule has 0 spiro atoms. The molecule has 0 aromatic carbocycles. The SMILES string of the molecule is COCO[C@H]1[C@H](CO)C(=O)C[C@H]1O[Si](C)(C)C(C)(C)C. The van der Waals surface area contributed by atoms with Gasteiger partial charge in [0.15, 0.2) is 8.32 Å². The van der Waals surface area contributed by atoms with E-state index in [1.807, 2.05) is 0 Å². The second kappa shape index (κ2) is 6.66. The Hall–Kier alpha value is -0.273. The molecule has 1 saturated carbocycles. The minimum absolute atomic E-state index is 0.0114. The second-order valence-electron chi connectivity index (χ2n) is 6.91. The van der Waals surface area contributed by atoms with Crippen molar-refractivity contribution in [1.29, 1.82) is 0 Å². The van der Waals surface area contributed by atoms with Crippen molar-refractivity contribution in [2.24, 2.45) is 5.92 Å². The van der Waals surface area contributed by atoms with Gasteiger partial charge in [-0.05, 0) is 18.1 Å². The number of hydrogen-bond donors (Lipinski definition) is 1. The van der Waals surface area contributed by atoms with Crippen LogP contribution < -0.4 is 0 Å². The summed E-state index contributed by atoms with van der Waals surface area (Å²) in [6.45, 7) is 10.7. The summed E-state index contributed by atoms with van der Waals surface area (Å²) in [6, 6.07) is 0. The summed E-state index contributed by atoms with van der Waals surface area (Å²) in [4.78, 5) is 12.0. The number of aliphatic hydroxyl groups excluding tert-OH is 1. The zero-order chi connectivity index (χ0) is 15.6. The molecule has 0 heterocycles. The van der Waals surface area contributed by atoms with Gasteiger partial charge in [0.1, 0.15) is 12.6 Å². The van der Waals surface area contributed by atoms with Crippen molar-refractivity contribution in [3.8, 4) is 0 Å². The summed E-state index contributed by atoms with van der Waals surface area (Å²) in [6.07, 6.45) is -0.385. The second-order valence-corrected chi connectivity index (χ2v) is 11.7. The van der Waals surface area contributed by atoms with Gasteiger partial charge in [0.2, 0.25) is 0 Å². The largest absolute Gasteiger partial charge is 0.411 e. The summed E-state index contributed by atoms with van der Waals surface area (Å²) in [5.74, 6) is -0.489. The molecule has 118 valence electrons. The van der Waals surface area contributed by atoms with Gasteiger partial charge in [0.05, 0.1) is 24.7 Å². The summed E-state index contributed by atoms with van der Waals surface area (Å²) in [5.41, 5.74) is 0. The van der Waals surface area contributed by atoms with Gasteiger partial charge in [-0.25, -0.2) is 0 Å². The predicted molar refractivity (Wildman–Crippen MR) is 79.0 cm³/mol. The number of ketones is 1. The molecular formula is C14H28O5Si. The lowest BCUT2D eigenvalue weighted by Crippen LogP contribution is -2.47. The fraction of sp³-hybridized carbons (Fsp3) is 0.929. The zero-order valence-electron chi connectivity index (χ0n) is 13.4. The monoisotopic (exact) mass is 304 g/mol. The van der Waals surface area contributed by atoms with E-state index in [2.05, 4.69) is 33.9 Å². The molecule has 20 heavy (non-hydrogen) atoms. The first kappa shape index (κ1) is 17.8. The lowest BCUT2D eigenvalue weighted by molar-refractivity contribution is -0.132. The van der Waals surface area contributed by atoms with E-state index in [4.69, 9.17) is 13.9 Å². The Morgan fingerprint density at radius 2 is 1.95 bits per heavy atom. The van der Waals surface area contributed by atoms with E-state index in [-0.39, 0.29) is 30.3 Å². The Bertz CT molecular complexity index is 337. The molecule has 0 bridgehead atoms. The first-order chi connectivity index (χ1) is 9.14. The molecule has 1 N–H and O–H groups in total. The normalized spacial score (nSPS) is 28.1. The van der Waals surface area contributed by atoms with Crippen LogP contribution >= 0.6 is 0 Å². The van der Waals surface area contributed by atoms with Crippen molar-refractivity contribution >= 4 is 14.1 Å². The Balaban J connectivity index is 2.84. The number of aliphatic hydroxyl groups is 1. The van der Waals surface area contributed by atoms with Crippen molar-refractivity contribution in [1.82, 2.24) is 0 Å². The number of carbonyl (C=O) groups is 1. The van der Waals surface area contributed by atoms with Gasteiger partial charge in [-0.2, -0.15) is 0 Å². The highest BCUT2D eigenvalue weighted by Crippen LogP contribution is 2.40. The lowest BCUT2D eigenvalue weighted by Gasteiger charge is -2.39. The van der Waals surface area contributed by atoms with Crippen LogP contribution in [-0.2, 0) is 18.7 Å². The van der Waals surface area contributed by atoms with Gasteiger partial charge >= 0.3 is 0 Å². The Kier molecular flexibility index (Phi) is 5.92. The summed E-state index contributed by atoms with van der Waals surface area (Å²) >= 11 is 0. The Labute approximate surface area is 122 Å². The molecule has 0 saturated heterocycles. The summed E-state index contributed by atoms with van der Waals surface area (Å²) in [5, 5.41) is 9.46. The maximum absolute atomic E-state index is 12.0. The molecule has 3 atom stereocenters. The fourth-order valence-electron chi connectivity index (χ4n) is 2.15. The van der Waals surface area contributed by atoms with Crippen molar-refractivity contribution in [3.05, 3.63) is 0 Å². The standard InChI is InChI=1S/C14H28O5Si/c1-14(2,3)20(5,6)19-12-7-11(16)10(8-15)13(12)18-9-17-4/h10,12-13,15H,7-9H2,1-6H3/t10-,12-,13+/m1/s1. The highest BCUT2D eigenvalue weighted by Gasteiger charge is 2.48. The minimum atomic E-state index is -1.98. The molecule has 5 nitrogen and oxygen atoms in total. The van der Waals surface area contributed by atoms with Gasteiger partial charge in [-0.15, -0.1) is 0 Å². The van der Waals surface area contributed by atoms with Crippen LogP contribution in [-0.4, -0.2) is 51.9 Å². The van der Waals surface area contributed by atoms with Crippen molar-refractivity contribution in [2.45, 2.75) is 57.5 Å². The van der Waals surface area contributed by atoms with Crippen LogP contribution in [0.2, 0.25) is 18.1 Å². The summed E-state index contributed by atoms with van der Waals surface area (Å²) < 4.78 is 16.8. The van der Waals surface area contributed by atoms with Crippen LogP contribution in [0.4, 0.5) is 0 Å². The lowest BCUT2D eigenvalue weighted by atomic mass is 10.1. The molecule has 1 aliphatic rings. The Morgan fingerprint density at radius 3 is 2.40 bits per heavy atom. The predicted octanol–water partition coefficient (Wildman–Crippen LogP) is 1.95. The van der Waals surface area contributed by atoms with Crippen LogP contribution in [0.25, 0.3) is 0 Å². The third-order valence-electron chi connectivity index (χ3n) is 4.41. The molecule has 0 aromatic rings. The van der Waals surface area contributed by atoms with Crippen LogP contribution in [0.5, 0.6) is 0 Å². The van der Waals surface area contributed by atoms with E-state index >= 15 is 0 Å². The smallest absolute Gasteiger partial charge is 0.192 e. The fourth-order valence-corrected chi connectivity index (χ4v) is 3.48. The molecule has 0 unspecified atom stereocenters. The Morgan fingerprint density at radius 1 is 1.35 bits per heavy atom. The van der Waals surface area contributed by atoms with Crippen LogP contribution in [0.3, 0.4) is 0 Å². The average molecular weight is 304 g/mol. The highest BCUT2D eigenvalue weighted by atomic mass is 28.4. The number of methoxy groups -OCH3 is 1. The maximum Gasteiger partial charge on any atom is 0.192 e. The molecular weight excluding hydrogens is 276 g/mol. The van der Waals surface area contributed by atoms with E-state index in [0.29, 0.717) is 6.42 Å². The van der Waals surface area contributed by atoms with Gasteiger partial charge in [0, 0.05) is 13.5 Å². The van der Waals surface area contributed by atoms with Gasteiger partial charge in [-0.3, -0.25) is 4.79 Å². The number of ether oxygens (including phenoxy) is 2. The number of carbonyl (C=O) groups excluding carboxylic acids is 1. The number of Topliss-reactive ketones (excluding diaryl/α,β-unsaturated/α-hetero) is 1. The number of hydrogen-bond acceptors (Lipinski definition) is 5. The molecule has 0 aromatic heterocycles. The molecule has 1 rings (SSSR count). The number of rotatable bonds is 6. The van der Waals surface area contributed by atoms with E-state index in [1.54, 1.807) is 0 Å². The van der Waals surface area contributed by atoms with Gasteiger partial charge in [-0.1, -0.05) is 20.8 Å². The zero-order valence-corrected chi connectivity index (χ0v) is 14.4. The van der Waals surface area contributed by atoms with Gasteiger partial charge < -0.3 is 19.0 Å². The molecule has 0 amide bonds. The molecule has 1 fully saturated rings. The van der Waals surface area contributed by atoms with Crippen molar-refractivity contribution in [3.63, 3.8) is 0 Å². The van der Waals surface area contributed by atoms with Crippen LogP contribution in [0.15, 0.2) is 0 Å². The van der Waals surface area contributed by atoms with Gasteiger partial charge in [0.25, 0.3) is 0 Å². The molecule has 6 heteroatoms. The van der Waals surface area contributed by atoms with E-state index in [9.17, 15) is 9.90 Å². The minimum Gasteiger partial charge on any atom is -0.411 e. The van der Waals surface area contributed by atoms with Crippen LogP contribution in [0, 0.1) is 5.92 Å². The third-order valence-corrected chi connectivity index (χ3v) is 8.91. The molecule has 0 aliphatic heterocycles. The topological polar surface area (TPSA) is 65.0 Å².